The van der Waals surface area contributed by atoms with E-state index in [9.17, 15) is 13.2 Å². The molecule has 25 heavy (non-hydrogen) atoms. The van der Waals surface area contributed by atoms with Crippen LogP contribution in [0.3, 0.4) is 0 Å². The number of nitrogens with zero attached hydrogens (tertiary/aromatic N) is 1. The highest BCUT2D eigenvalue weighted by molar-refractivity contribution is 7.90. The maximum absolute atomic E-state index is 12.3. The molecule has 1 aromatic rings. The first-order valence-corrected chi connectivity index (χ1v) is 10.1. The number of benzene rings is 1. The number of ether oxygens (including phenoxy) is 1. The minimum Gasteiger partial charge on any atom is -0.494 e. The third-order valence-electron chi connectivity index (χ3n) is 4.41. The molecule has 0 radical (unpaired) electrons. The lowest BCUT2D eigenvalue weighted by Crippen LogP contribution is -2.57. The molecular weight excluding hydrogens is 364 g/mol. The number of hydrogen-bond acceptors (Lipinski definition) is 5. The molecule has 2 unspecified atom stereocenters. The topological polar surface area (TPSA) is 75.7 Å². The zero-order chi connectivity index (χ0) is 17.7. The van der Waals surface area contributed by atoms with Crippen molar-refractivity contribution < 1.29 is 17.9 Å². The lowest BCUT2D eigenvalue weighted by atomic mass is 10.1. The summed E-state index contributed by atoms with van der Waals surface area (Å²) in [7, 11) is -3.19. The van der Waals surface area contributed by atoms with Crippen molar-refractivity contribution in [1.82, 2.24) is 10.2 Å². The van der Waals surface area contributed by atoms with Gasteiger partial charge in [0.15, 0.2) is 9.84 Å². The van der Waals surface area contributed by atoms with Crippen LogP contribution in [0.5, 0.6) is 5.75 Å². The number of piperazine rings is 1. The predicted octanol–water partition coefficient (Wildman–Crippen LogP) is 1.88. The average molecular weight is 391 g/mol. The standard InChI is InChI=1S/C17H26N2O4S.ClH/c1-13-14(2)19(11-10-18-13)17(20)5-4-12-23-15-6-8-16(9-7-15)24(3,21)22;/h6-9,13-14,18H,4-5,10-12H2,1-3H3;1H. The maximum Gasteiger partial charge on any atom is 0.223 e. The van der Waals surface area contributed by atoms with Crippen molar-refractivity contribution >= 4 is 28.2 Å². The van der Waals surface area contributed by atoms with Crippen LogP contribution in [0.4, 0.5) is 0 Å². The van der Waals surface area contributed by atoms with Gasteiger partial charge in [0.05, 0.1) is 11.5 Å². The second-order valence-corrected chi connectivity index (χ2v) is 8.28. The Hall–Kier alpha value is -1.31. The molecule has 1 aliphatic heterocycles. The number of carbonyl (C=O) groups excluding carboxylic acids is 1. The van der Waals surface area contributed by atoms with Crippen molar-refractivity contribution in [3.05, 3.63) is 24.3 Å². The number of rotatable bonds is 6. The van der Waals surface area contributed by atoms with E-state index in [4.69, 9.17) is 4.74 Å². The minimum absolute atomic E-state index is 0. The quantitative estimate of drug-likeness (QED) is 0.750. The van der Waals surface area contributed by atoms with Crippen LogP contribution < -0.4 is 10.1 Å². The van der Waals surface area contributed by atoms with Gasteiger partial charge in [0, 0.05) is 37.8 Å². The lowest BCUT2D eigenvalue weighted by molar-refractivity contribution is -0.135. The van der Waals surface area contributed by atoms with E-state index in [0.29, 0.717) is 31.2 Å². The molecule has 1 N–H and O–H groups in total. The van der Waals surface area contributed by atoms with E-state index in [0.717, 1.165) is 13.1 Å². The first kappa shape index (κ1) is 21.7. The molecule has 0 bridgehead atoms. The smallest absolute Gasteiger partial charge is 0.223 e. The minimum atomic E-state index is -3.19. The molecular formula is C17H27ClN2O4S. The molecule has 0 aromatic heterocycles. The SMILES string of the molecule is CC1NCCN(C(=O)CCCOc2ccc(S(C)(=O)=O)cc2)C1C.Cl. The van der Waals surface area contributed by atoms with Gasteiger partial charge >= 0.3 is 0 Å². The summed E-state index contributed by atoms with van der Waals surface area (Å²) >= 11 is 0. The van der Waals surface area contributed by atoms with Gasteiger partial charge in [-0.25, -0.2) is 8.42 Å². The van der Waals surface area contributed by atoms with Gasteiger partial charge in [-0.1, -0.05) is 0 Å². The molecule has 1 aliphatic rings. The Balaban J connectivity index is 0.00000312. The van der Waals surface area contributed by atoms with Gasteiger partial charge in [-0.2, -0.15) is 0 Å². The van der Waals surface area contributed by atoms with Gasteiger partial charge in [-0.3, -0.25) is 4.79 Å². The summed E-state index contributed by atoms with van der Waals surface area (Å²) < 4.78 is 28.4. The van der Waals surface area contributed by atoms with Crippen molar-refractivity contribution in [2.24, 2.45) is 0 Å². The van der Waals surface area contributed by atoms with E-state index in [2.05, 4.69) is 19.2 Å². The van der Waals surface area contributed by atoms with E-state index in [-0.39, 0.29) is 29.3 Å². The van der Waals surface area contributed by atoms with Gasteiger partial charge in [-0.15, -0.1) is 12.4 Å². The van der Waals surface area contributed by atoms with Gasteiger partial charge in [0.1, 0.15) is 5.75 Å². The second kappa shape index (κ2) is 9.40. The highest BCUT2D eigenvalue weighted by Crippen LogP contribution is 2.16. The fourth-order valence-corrected chi connectivity index (χ4v) is 3.38. The van der Waals surface area contributed by atoms with Gasteiger partial charge in [-0.05, 0) is 44.5 Å². The number of carbonyl (C=O) groups is 1. The van der Waals surface area contributed by atoms with E-state index < -0.39 is 9.84 Å². The van der Waals surface area contributed by atoms with Crippen LogP contribution in [-0.2, 0) is 14.6 Å². The highest BCUT2D eigenvalue weighted by Gasteiger charge is 2.27. The van der Waals surface area contributed by atoms with Crippen molar-refractivity contribution in [2.75, 3.05) is 26.0 Å². The van der Waals surface area contributed by atoms with Crippen LogP contribution in [-0.4, -0.2) is 57.3 Å². The lowest BCUT2D eigenvalue weighted by Gasteiger charge is -2.38. The largest absolute Gasteiger partial charge is 0.494 e. The van der Waals surface area contributed by atoms with E-state index in [1.807, 2.05) is 4.90 Å². The number of hydrogen-bond donors (Lipinski definition) is 1. The van der Waals surface area contributed by atoms with E-state index >= 15 is 0 Å². The Morgan fingerprint density at radius 3 is 2.52 bits per heavy atom. The summed E-state index contributed by atoms with van der Waals surface area (Å²) in [4.78, 5) is 14.5. The predicted molar refractivity (Wildman–Crippen MR) is 100 cm³/mol. The van der Waals surface area contributed by atoms with E-state index in [1.54, 1.807) is 12.1 Å². The summed E-state index contributed by atoms with van der Waals surface area (Å²) in [6, 6.07) is 6.85. The Morgan fingerprint density at radius 2 is 1.92 bits per heavy atom. The summed E-state index contributed by atoms with van der Waals surface area (Å²) in [6.07, 6.45) is 2.27. The second-order valence-electron chi connectivity index (χ2n) is 6.27. The van der Waals surface area contributed by atoms with Crippen molar-refractivity contribution in [2.45, 2.75) is 43.7 Å². The van der Waals surface area contributed by atoms with Crippen LogP contribution in [0, 0.1) is 0 Å². The fraction of sp³-hybridized carbons (Fsp3) is 0.588. The molecule has 1 fully saturated rings. The summed E-state index contributed by atoms with van der Waals surface area (Å²) in [6.45, 7) is 6.17. The molecule has 0 spiro atoms. The molecule has 1 aromatic carbocycles. The van der Waals surface area contributed by atoms with Crippen LogP contribution in [0.2, 0.25) is 0 Å². The molecule has 1 amide bonds. The van der Waals surface area contributed by atoms with Gasteiger partial charge < -0.3 is 15.0 Å². The van der Waals surface area contributed by atoms with Crippen LogP contribution in [0.1, 0.15) is 26.7 Å². The summed E-state index contributed by atoms with van der Waals surface area (Å²) in [5.74, 6) is 0.769. The highest BCUT2D eigenvalue weighted by atomic mass is 35.5. The number of halogens is 1. The van der Waals surface area contributed by atoms with Crippen LogP contribution in [0.25, 0.3) is 0 Å². The van der Waals surface area contributed by atoms with Gasteiger partial charge in [0.25, 0.3) is 0 Å². The molecule has 6 nitrogen and oxygen atoms in total. The number of amides is 1. The molecule has 1 saturated heterocycles. The van der Waals surface area contributed by atoms with E-state index in [1.165, 1.54) is 18.4 Å². The van der Waals surface area contributed by atoms with Crippen molar-refractivity contribution in [3.63, 3.8) is 0 Å². The van der Waals surface area contributed by atoms with Crippen molar-refractivity contribution in [1.29, 1.82) is 0 Å². The zero-order valence-electron chi connectivity index (χ0n) is 14.9. The van der Waals surface area contributed by atoms with Gasteiger partial charge in [0.2, 0.25) is 5.91 Å². The molecule has 2 atom stereocenters. The summed E-state index contributed by atoms with van der Waals surface area (Å²) in [5.41, 5.74) is 0. The van der Waals surface area contributed by atoms with Crippen LogP contribution >= 0.6 is 12.4 Å². The Bertz CT molecular complexity index is 664. The normalized spacial score (nSPS) is 20.7. The molecule has 8 heteroatoms. The molecule has 0 aliphatic carbocycles. The number of nitrogens with one attached hydrogen (secondary N) is 1. The van der Waals surface area contributed by atoms with Crippen molar-refractivity contribution in [3.8, 4) is 5.75 Å². The molecule has 142 valence electrons. The first-order chi connectivity index (χ1) is 11.3. The van der Waals surface area contributed by atoms with Crippen LogP contribution in [0.15, 0.2) is 29.2 Å². The average Bonchev–Trinajstić information content (AvgIpc) is 2.53. The Labute approximate surface area is 156 Å². The summed E-state index contributed by atoms with van der Waals surface area (Å²) in [5, 5.41) is 3.36. The number of sulfone groups is 1. The molecule has 1 heterocycles. The Kier molecular flexibility index (Phi) is 8.18. The third-order valence-corrected chi connectivity index (χ3v) is 5.54. The molecule has 2 rings (SSSR count). The monoisotopic (exact) mass is 390 g/mol. The fourth-order valence-electron chi connectivity index (χ4n) is 2.75. The maximum atomic E-state index is 12.3. The third kappa shape index (κ3) is 6.17. The molecule has 0 saturated carbocycles. The Morgan fingerprint density at radius 1 is 1.28 bits per heavy atom. The first-order valence-electron chi connectivity index (χ1n) is 8.25. The zero-order valence-corrected chi connectivity index (χ0v) is 16.5.